The summed E-state index contributed by atoms with van der Waals surface area (Å²) in [5.41, 5.74) is 0.751. The van der Waals surface area contributed by atoms with Crippen molar-refractivity contribution in [3.63, 3.8) is 0 Å². The van der Waals surface area contributed by atoms with Crippen molar-refractivity contribution in [1.82, 2.24) is 9.62 Å². The second kappa shape index (κ2) is 8.05. The summed E-state index contributed by atoms with van der Waals surface area (Å²) in [7, 11) is -2.73. The molecule has 0 spiro atoms. The predicted octanol–water partition coefficient (Wildman–Crippen LogP) is 1.72. The Morgan fingerprint density at radius 1 is 1.21 bits per heavy atom. The standard InChI is InChI=1S/C18H19N3O6S/c1-27-18(22)14-8-6-13(7-9-14)15-12-20(11-10-19-15)28(25,26)17-5-3-2-4-16(17)21(23)24/h2-9,15,19H,10-12H2,1H3/t15-/m0/s1. The van der Waals surface area contributed by atoms with Crippen molar-refractivity contribution in [3.05, 3.63) is 69.8 Å². The highest BCUT2D eigenvalue weighted by Gasteiger charge is 2.34. The van der Waals surface area contributed by atoms with Gasteiger partial charge >= 0.3 is 5.97 Å². The molecule has 0 radical (unpaired) electrons. The lowest BCUT2D eigenvalue weighted by Gasteiger charge is -2.33. The molecule has 2 aromatic carbocycles. The summed E-state index contributed by atoms with van der Waals surface area (Å²) in [6, 6.07) is 11.7. The quantitative estimate of drug-likeness (QED) is 0.457. The Bertz CT molecular complexity index is 991. The topological polar surface area (TPSA) is 119 Å². The summed E-state index contributed by atoms with van der Waals surface area (Å²) in [6.45, 7) is 0.709. The van der Waals surface area contributed by atoms with E-state index < -0.39 is 26.6 Å². The van der Waals surface area contributed by atoms with Gasteiger partial charge in [0, 0.05) is 31.7 Å². The lowest BCUT2D eigenvalue weighted by Crippen LogP contribution is -2.48. The fourth-order valence-electron chi connectivity index (χ4n) is 3.10. The van der Waals surface area contributed by atoms with Crippen LogP contribution in [0.4, 0.5) is 5.69 Å². The van der Waals surface area contributed by atoms with Crippen molar-refractivity contribution in [2.24, 2.45) is 0 Å². The maximum absolute atomic E-state index is 13.0. The average Bonchev–Trinajstić information content (AvgIpc) is 2.73. The monoisotopic (exact) mass is 405 g/mol. The van der Waals surface area contributed by atoms with E-state index in [1.807, 2.05) is 0 Å². The summed E-state index contributed by atoms with van der Waals surface area (Å²) in [6.07, 6.45) is 0. The van der Waals surface area contributed by atoms with Crippen LogP contribution in [0.15, 0.2) is 53.4 Å². The van der Waals surface area contributed by atoms with E-state index in [0.29, 0.717) is 12.1 Å². The zero-order valence-corrected chi connectivity index (χ0v) is 15.9. The molecule has 148 valence electrons. The van der Waals surface area contributed by atoms with Gasteiger partial charge in [-0.1, -0.05) is 24.3 Å². The number of carbonyl (C=O) groups is 1. The number of nitro groups is 1. The van der Waals surface area contributed by atoms with Gasteiger partial charge in [0.05, 0.1) is 17.6 Å². The molecule has 0 saturated carbocycles. The number of para-hydroxylation sites is 1. The van der Waals surface area contributed by atoms with Crippen molar-refractivity contribution in [2.75, 3.05) is 26.7 Å². The van der Waals surface area contributed by atoms with Gasteiger partial charge in [-0.2, -0.15) is 4.31 Å². The molecule has 1 saturated heterocycles. The van der Waals surface area contributed by atoms with Gasteiger partial charge in [-0.25, -0.2) is 13.2 Å². The third kappa shape index (κ3) is 3.88. The van der Waals surface area contributed by atoms with E-state index in [1.165, 1.54) is 35.7 Å². The second-order valence-corrected chi connectivity index (χ2v) is 8.11. The summed E-state index contributed by atoms with van der Waals surface area (Å²) < 4.78 is 31.9. The first-order valence-corrected chi connectivity index (χ1v) is 9.94. The molecule has 0 unspecified atom stereocenters. The molecule has 28 heavy (non-hydrogen) atoms. The highest BCUT2D eigenvalue weighted by molar-refractivity contribution is 7.89. The van der Waals surface area contributed by atoms with E-state index in [1.54, 1.807) is 24.3 Å². The molecule has 3 rings (SSSR count). The molecule has 1 aliphatic rings. The number of rotatable bonds is 5. The number of methoxy groups -OCH3 is 1. The van der Waals surface area contributed by atoms with Crippen molar-refractivity contribution in [3.8, 4) is 0 Å². The molecule has 10 heteroatoms. The van der Waals surface area contributed by atoms with Gasteiger partial charge in [-0.15, -0.1) is 0 Å². The minimum atomic E-state index is -4.03. The van der Waals surface area contributed by atoms with Crippen LogP contribution in [0.25, 0.3) is 0 Å². The normalized spacial score (nSPS) is 17.8. The highest BCUT2D eigenvalue weighted by Crippen LogP contribution is 2.29. The van der Waals surface area contributed by atoms with Crippen LogP contribution in [0.5, 0.6) is 0 Å². The molecule has 0 bridgehead atoms. The Labute approximate surface area is 162 Å². The molecular formula is C18H19N3O6S. The number of benzene rings is 2. The van der Waals surface area contributed by atoms with E-state index in [2.05, 4.69) is 10.1 Å². The molecule has 0 aliphatic carbocycles. The molecule has 1 atom stereocenters. The van der Waals surface area contributed by atoms with Crippen molar-refractivity contribution in [1.29, 1.82) is 0 Å². The van der Waals surface area contributed by atoms with Crippen LogP contribution < -0.4 is 5.32 Å². The molecule has 0 amide bonds. The Morgan fingerprint density at radius 2 is 1.89 bits per heavy atom. The van der Waals surface area contributed by atoms with Gasteiger partial charge in [-0.3, -0.25) is 10.1 Å². The number of nitro benzene ring substituents is 1. The number of hydrogen-bond acceptors (Lipinski definition) is 7. The van der Waals surface area contributed by atoms with Crippen LogP contribution in [0.2, 0.25) is 0 Å². The maximum Gasteiger partial charge on any atom is 0.337 e. The number of sulfonamides is 1. The van der Waals surface area contributed by atoms with Gasteiger partial charge in [0.1, 0.15) is 0 Å². The lowest BCUT2D eigenvalue weighted by molar-refractivity contribution is -0.387. The highest BCUT2D eigenvalue weighted by atomic mass is 32.2. The Balaban J connectivity index is 1.85. The minimum absolute atomic E-state index is 0.117. The summed E-state index contributed by atoms with van der Waals surface area (Å²) >= 11 is 0. The Kier molecular flexibility index (Phi) is 5.73. The van der Waals surface area contributed by atoms with Crippen LogP contribution in [0.1, 0.15) is 22.0 Å². The third-order valence-corrected chi connectivity index (χ3v) is 6.46. The second-order valence-electron chi connectivity index (χ2n) is 6.21. The van der Waals surface area contributed by atoms with Crippen LogP contribution in [-0.4, -0.2) is 50.4 Å². The lowest BCUT2D eigenvalue weighted by atomic mass is 10.0. The van der Waals surface area contributed by atoms with Crippen molar-refractivity contribution in [2.45, 2.75) is 10.9 Å². The smallest absolute Gasteiger partial charge is 0.337 e. The maximum atomic E-state index is 13.0. The molecule has 1 fully saturated rings. The van der Waals surface area contributed by atoms with Crippen LogP contribution in [0.3, 0.4) is 0 Å². The number of piperazine rings is 1. The number of nitrogens with zero attached hydrogens (tertiary/aromatic N) is 2. The zero-order chi connectivity index (χ0) is 20.3. The van der Waals surface area contributed by atoms with Crippen molar-refractivity contribution < 1.29 is 22.9 Å². The molecule has 2 aromatic rings. The molecule has 9 nitrogen and oxygen atoms in total. The predicted molar refractivity (Wildman–Crippen MR) is 100 cm³/mol. The van der Waals surface area contributed by atoms with Gasteiger partial charge in [-0.05, 0) is 23.8 Å². The average molecular weight is 405 g/mol. The van der Waals surface area contributed by atoms with Crippen LogP contribution in [0, 0.1) is 10.1 Å². The summed E-state index contributed by atoms with van der Waals surface area (Å²) in [5, 5.41) is 14.5. The van der Waals surface area contributed by atoms with E-state index in [-0.39, 0.29) is 24.0 Å². The van der Waals surface area contributed by atoms with Crippen LogP contribution in [-0.2, 0) is 14.8 Å². The first kappa shape index (κ1) is 19.9. The fraction of sp³-hybridized carbons (Fsp3) is 0.278. The molecule has 1 N–H and O–H groups in total. The van der Waals surface area contributed by atoms with E-state index in [9.17, 15) is 23.3 Å². The number of nitrogens with one attached hydrogen (secondary N) is 1. The fourth-order valence-corrected chi connectivity index (χ4v) is 4.71. The SMILES string of the molecule is COC(=O)c1ccc([C@@H]2CN(S(=O)(=O)c3ccccc3[N+](=O)[O-])CCN2)cc1. The number of hydrogen-bond donors (Lipinski definition) is 1. The molecule has 1 aliphatic heterocycles. The van der Waals surface area contributed by atoms with Gasteiger partial charge < -0.3 is 10.1 Å². The third-order valence-electron chi connectivity index (χ3n) is 4.55. The number of esters is 1. The molecular weight excluding hydrogens is 386 g/mol. The molecule has 1 heterocycles. The van der Waals surface area contributed by atoms with E-state index in [4.69, 9.17) is 0 Å². The largest absolute Gasteiger partial charge is 0.465 e. The summed E-state index contributed by atoms with van der Waals surface area (Å²) in [5.74, 6) is -0.455. The van der Waals surface area contributed by atoms with E-state index >= 15 is 0 Å². The van der Waals surface area contributed by atoms with Crippen LogP contribution >= 0.6 is 0 Å². The Morgan fingerprint density at radius 3 is 2.54 bits per heavy atom. The number of ether oxygens (including phenoxy) is 1. The van der Waals surface area contributed by atoms with Gasteiger partial charge in [0.25, 0.3) is 5.69 Å². The van der Waals surface area contributed by atoms with E-state index in [0.717, 1.165) is 5.56 Å². The van der Waals surface area contributed by atoms with Gasteiger partial charge in [0.2, 0.25) is 10.0 Å². The van der Waals surface area contributed by atoms with Crippen molar-refractivity contribution >= 4 is 21.7 Å². The first-order chi connectivity index (χ1) is 13.3. The summed E-state index contributed by atoms with van der Waals surface area (Å²) in [4.78, 5) is 21.8. The zero-order valence-electron chi connectivity index (χ0n) is 15.1. The molecule has 0 aromatic heterocycles. The minimum Gasteiger partial charge on any atom is -0.465 e. The Hall–Kier alpha value is -2.82. The number of carbonyl (C=O) groups excluding carboxylic acids is 1. The van der Waals surface area contributed by atoms with Gasteiger partial charge in [0.15, 0.2) is 4.90 Å². The first-order valence-electron chi connectivity index (χ1n) is 8.50.